The first-order valence-electron chi connectivity index (χ1n) is 8.61. The summed E-state index contributed by atoms with van der Waals surface area (Å²) in [6.45, 7) is 1.37. The van der Waals surface area contributed by atoms with Gasteiger partial charge in [-0.2, -0.15) is 0 Å². The SMILES string of the molecule is CN(C)CCCN(C(=O)c1sc2ccccc2c1Cl)C1CCS(=O)(=O)C1. The molecule has 1 fully saturated rings. The van der Waals surface area contributed by atoms with Crippen LogP contribution in [0, 0.1) is 0 Å². The van der Waals surface area contributed by atoms with Crippen LogP contribution >= 0.6 is 22.9 Å². The van der Waals surface area contributed by atoms with Gasteiger partial charge in [0.1, 0.15) is 4.88 Å². The summed E-state index contributed by atoms with van der Waals surface area (Å²) in [6.07, 6.45) is 1.29. The molecule has 2 heterocycles. The average molecular weight is 415 g/mol. The topological polar surface area (TPSA) is 57.7 Å². The molecule has 1 saturated heterocycles. The fourth-order valence-electron chi connectivity index (χ4n) is 3.31. The number of carbonyl (C=O) groups excluding carboxylic acids is 1. The Labute approximate surface area is 163 Å². The third-order valence-corrected chi connectivity index (χ3v) is 8.06. The molecule has 0 spiro atoms. The van der Waals surface area contributed by atoms with E-state index in [0.29, 0.717) is 22.9 Å². The van der Waals surface area contributed by atoms with Crippen LogP contribution in [-0.4, -0.2) is 68.9 Å². The zero-order valence-electron chi connectivity index (χ0n) is 14.9. The van der Waals surface area contributed by atoms with Gasteiger partial charge in [0.25, 0.3) is 5.91 Å². The van der Waals surface area contributed by atoms with E-state index in [2.05, 4.69) is 4.90 Å². The quantitative estimate of drug-likeness (QED) is 0.728. The molecule has 0 bridgehead atoms. The number of benzene rings is 1. The van der Waals surface area contributed by atoms with Crippen LogP contribution in [-0.2, 0) is 9.84 Å². The predicted molar refractivity (Wildman–Crippen MR) is 108 cm³/mol. The van der Waals surface area contributed by atoms with Gasteiger partial charge < -0.3 is 9.80 Å². The second kappa shape index (κ2) is 7.84. The summed E-state index contributed by atoms with van der Waals surface area (Å²) in [7, 11) is 0.896. The summed E-state index contributed by atoms with van der Waals surface area (Å²) < 4.78 is 24.8. The second-order valence-corrected chi connectivity index (χ2v) is 10.6. The Kier molecular flexibility index (Phi) is 5.91. The molecule has 1 aliphatic rings. The molecule has 0 radical (unpaired) electrons. The molecule has 142 valence electrons. The molecule has 1 unspecified atom stereocenters. The molecular formula is C18H23ClN2O3S2. The molecule has 26 heavy (non-hydrogen) atoms. The van der Waals surface area contributed by atoms with Crippen LogP contribution in [0.3, 0.4) is 0 Å². The van der Waals surface area contributed by atoms with E-state index in [4.69, 9.17) is 11.6 Å². The third kappa shape index (κ3) is 4.22. The van der Waals surface area contributed by atoms with E-state index in [1.807, 2.05) is 38.4 Å². The summed E-state index contributed by atoms with van der Waals surface area (Å²) in [6, 6.07) is 7.39. The molecule has 0 saturated carbocycles. The van der Waals surface area contributed by atoms with Crippen molar-refractivity contribution in [3.05, 3.63) is 34.2 Å². The fraction of sp³-hybridized carbons (Fsp3) is 0.500. The molecule has 1 aromatic carbocycles. The molecular weight excluding hydrogens is 392 g/mol. The minimum atomic E-state index is -3.07. The number of hydrogen-bond donors (Lipinski definition) is 0. The molecule has 1 amide bonds. The molecule has 1 aromatic heterocycles. The van der Waals surface area contributed by atoms with Crippen molar-refractivity contribution in [3.8, 4) is 0 Å². The van der Waals surface area contributed by atoms with Crippen LogP contribution in [0.1, 0.15) is 22.5 Å². The zero-order valence-corrected chi connectivity index (χ0v) is 17.3. The number of amides is 1. The highest BCUT2D eigenvalue weighted by molar-refractivity contribution is 7.91. The lowest BCUT2D eigenvalue weighted by Crippen LogP contribution is -2.42. The first-order chi connectivity index (χ1) is 12.3. The number of rotatable bonds is 6. The summed E-state index contributed by atoms with van der Waals surface area (Å²) in [5.74, 6) is 0.0374. The van der Waals surface area contributed by atoms with Gasteiger partial charge in [-0.15, -0.1) is 11.3 Å². The number of thiophene rings is 1. The van der Waals surface area contributed by atoms with Crippen LogP contribution in [0.5, 0.6) is 0 Å². The lowest BCUT2D eigenvalue weighted by Gasteiger charge is -2.28. The monoisotopic (exact) mass is 414 g/mol. The maximum atomic E-state index is 13.3. The number of sulfone groups is 1. The van der Waals surface area contributed by atoms with Crippen molar-refractivity contribution >= 4 is 48.8 Å². The summed E-state index contributed by atoms with van der Waals surface area (Å²) >= 11 is 7.86. The van der Waals surface area contributed by atoms with Gasteiger partial charge in [-0.05, 0) is 39.5 Å². The summed E-state index contributed by atoms with van der Waals surface area (Å²) in [5, 5.41) is 1.34. The third-order valence-electron chi connectivity index (χ3n) is 4.64. The standard InChI is InChI=1S/C18H23ClN2O3S2/c1-20(2)9-5-10-21(13-8-11-26(23,24)12-13)18(22)17-16(19)14-6-3-4-7-15(14)25-17/h3-4,6-7,13H,5,8-12H2,1-2H3. The van der Waals surface area contributed by atoms with Crippen LogP contribution in [0.4, 0.5) is 0 Å². The maximum absolute atomic E-state index is 13.3. The van der Waals surface area contributed by atoms with Gasteiger partial charge in [-0.25, -0.2) is 8.42 Å². The smallest absolute Gasteiger partial charge is 0.265 e. The van der Waals surface area contributed by atoms with Crippen molar-refractivity contribution in [3.63, 3.8) is 0 Å². The summed E-state index contributed by atoms with van der Waals surface area (Å²) in [5.41, 5.74) is 0. The largest absolute Gasteiger partial charge is 0.334 e. The normalized spacial score (nSPS) is 19.3. The van der Waals surface area contributed by atoms with Gasteiger partial charge in [-0.1, -0.05) is 29.8 Å². The highest BCUT2D eigenvalue weighted by Gasteiger charge is 2.36. The van der Waals surface area contributed by atoms with Gasteiger partial charge in [0.15, 0.2) is 9.84 Å². The van der Waals surface area contributed by atoms with E-state index in [1.165, 1.54) is 11.3 Å². The van der Waals surface area contributed by atoms with Gasteiger partial charge in [-0.3, -0.25) is 4.79 Å². The van der Waals surface area contributed by atoms with Crippen molar-refractivity contribution < 1.29 is 13.2 Å². The van der Waals surface area contributed by atoms with Crippen LogP contribution < -0.4 is 0 Å². The number of carbonyl (C=O) groups is 1. The number of fused-ring (bicyclic) bond motifs is 1. The van der Waals surface area contributed by atoms with E-state index in [1.54, 1.807) is 4.90 Å². The van der Waals surface area contributed by atoms with Gasteiger partial charge in [0.05, 0.1) is 16.5 Å². The lowest BCUT2D eigenvalue weighted by atomic mass is 10.2. The van der Waals surface area contributed by atoms with E-state index >= 15 is 0 Å². The average Bonchev–Trinajstić information content (AvgIpc) is 3.11. The molecule has 8 heteroatoms. The van der Waals surface area contributed by atoms with Crippen molar-refractivity contribution in [1.82, 2.24) is 9.80 Å². The van der Waals surface area contributed by atoms with Crippen molar-refractivity contribution in [2.45, 2.75) is 18.9 Å². The molecule has 1 atom stereocenters. The number of halogens is 1. The molecule has 0 aliphatic carbocycles. The van der Waals surface area contributed by atoms with E-state index in [-0.39, 0.29) is 23.5 Å². The van der Waals surface area contributed by atoms with Gasteiger partial charge in [0.2, 0.25) is 0 Å². The minimum Gasteiger partial charge on any atom is -0.334 e. The van der Waals surface area contributed by atoms with Crippen LogP contribution in [0.25, 0.3) is 10.1 Å². The number of hydrogen-bond acceptors (Lipinski definition) is 5. The first kappa shape index (κ1) is 19.6. The Morgan fingerprint density at radius 1 is 1.27 bits per heavy atom. The Morgan fingerprint density at radius 3 is 2.62 bits per heavy atom. The van der Waals surface area contributed by atoms with Gasteiger partial charge in [0, 0.05) is 22.7 Å². The predicted octanol–water partition coefficient (Wildman–Crippen LogP) is 3.14. The molecule has 3 rings (SSSR count). The van der Waals surface area contributed by atoms with Crippen LogP contribution in [0.15, 0.2) is 24.3 Å². The molecule has 1 aliphatic heterocycles. The van der Waals surface area contributed by atoms with Crippen molar-refractivity contribution in [1.29, 1.82) is 0 Å². The fourth-order valence-corrected chi connectivity index (χ4v) is 6.51. The molecule has 5 nitrogen and oxygen atoms in total. The minimum absolute atomic E-state index is 0.0449. The Bertz CT molecular complexity index is 908. The van der Waals surface area contributed by atoms with Crippen molar-refractivity contribution in [2.24, 2.45) is 0 Å². The highest BCUT2D eigenvalue weighted by Crippen LogP contribution is 2.36. The van der Waals surface area contributed by atoms with Crippen molar-refractivity contribution in [2.75, 3.05) is 38.7 Å². The lowest BCUT2D eigenvalue weighted by molar-refractivity contribution is 0.0695. The summed E-state index contributed by atoms with van der Waals surface area (Å²) in [4.78, 5) is 17.5. The zero-order chi connectivity index (χ0) is 18.9. The first-order valence-corrected chi connectivity index (χ1v) is 11.6. The van der Waals surface area contributed by atoms with E-state index in [9.17, 15) is 13.2 Å². The van der Waals surface area contributed by atoms with Crippen LogP contribution in [0.2, 0.25) is 5.02 Å². The molecule has 0 N–H and O–H groups in total. The maximum Gasteiger partial charge on any atom is 0.265 e. The molecule has 2 aromatic rings. The number of nitrogens with zero attached hydrogens (tertiary/aromatic N) is 2. The van der Waals surface area contributed by atoms with E-state index in [0.717, 1.165) is 23.1 Å². The highest BCUT2D eigenvalue weighted by atomic mass is 35.5. The Morgan fingerprint density at radius 2 is 2.00 bits per heavy atom. The Hall–Kier alpha value is -1.15. The van der Waals surface area contributed by atoms with E-state index < -0.39 is 9.84 Å². The second-order valence-electron chi connectivity index (χ2n) is 6.95. The Balaban J connectivity index is 1.89. The van der Waals surface area contributed by atoms with Gasteiger partial charge >= 0.3 is 0 Å².